The van der Waals surface area contributed by atoms with Crippen LogP contribution in [0.15, 0.2) is 53.0 Å². The number of carbonyl (C=O) groups is 2. The lowest BCUT2D eigenvalue weighted by molar-refractivity contribution is 0.102. The number of anilines is 1. The van der Waals surface area contributed by atoms with Crippen LogP contribution in [0.3, 0.4) is 0 Å². The van der Waals surface area contributed by atoms with Crippen LogP contribution in [0.25, 0.3) is 0 Å². The van der Waals surface area contributed by atoms with Gasteiger partial charge in [-0.2, -0.15) is 5.10 Å². The molecule has 132 valence electrons. The minimum atomic E-state index is -0.385. The van der Waals surface area contributed by atoms with Crippen molar-refractivity contribution in [2.24, 2.45) is 7.05 Å². The first-order valence-electron chi connectivity index (χ1n) is 7.77. The highest BCUT2D eigenvalue weighted by atomic mass is 79.9. The third-order valence-electron chi connectivity index (χ3n) is 3.94. The van der Waals surface area contributed by atoms with Crippen molar-refractivity contribution in [2.45, 2.75) is 6.92 Å². The Morgan fingerprint density at radius 2 is 1.85 bits per heavy atom. The molecule has 1 aromatic heterocycles. The van der Waals surface area contributed by atoms with Crippen LogP contribution in [0, 0.1) is 6.92 Å². The molecule has 26 heavy (non-hydrogen) atoms. The summed E-state index contributed by atoms with van der Waals surface area (Å²) in [6.07, 6.45) is 0. The summed E-state index contributed by atoms with van der Waals surface area (Å²) in [5.74, 6) is -0.659. The minimum absolute atomic E-state index is 0.274. The molecule has 1 N–H and O–H groups in total. The first-order chi connectivity index (χ1) is 12.4. The molecule has 0 bridgehead atoms. The maximum Gasteiger partial charge on any atom is 0.276 e. The van der Waals surface area contributed by atoms with E-state index >= 15 is 0 Å². The molecule has 0 aliphatic carbocycles. The van der Waals surface area contributed by atoms with E-state index in [2.05, 4.69) is 26.3 Å². The zero-order chi connectivity index (χ0) is 18.8. The van der Waals surface area contributed by atoms with Gasteiger partial charge in [0.05, 0.1) is 10.7 Å². The number of hydrogen-bond acceptors (Lipinski definition) is 3. The Kier molecular flexibility index (Phi) is 5.25. The predicted octanol–water partition coefficient (Wildman–Crippen LogP) is 4.63. The third-order valence-corrected chi connectivity index (χ3v) is 4.76. The minimum Gasteiger partial charge on any atom is -0.320 e. The van der Waals surface area contributed by atoms with Crippen LogP contribution in [0.4, 0.5) is 5.69 Å². The van der Waals surface area contributed by atoms with Gasteiger partial charge in [-0.05, 0) is 43.3 Å². The fourth-order valence-corrected chi connectivity index (χ4v) is 3.04. The van der Waals surface area contributed by atoms with E-state index in [4.69, 9.17) is 11.6 Å². The lowest BCUT2D eigenvalue weighted by atomic mass is 10.0. The van der Waals surface area contributed by atoms with Gasteiger partial charge in [-0.15, -0.1) is 0 Å². The topological polar surface area (TPSA) is 64.0 Å². The quantitative estimate of drug-likeness (QED) is 0.612. The maximum atomic E-state index is 12.9. The summed E-state index contributed by atoms with van der Waals surface area (Å²) in [6.45, 7) is 1.86. The second-order valence-electron chi connectivity index (χ2n) is 5.75. The van der Waals surface area contributed by atoms with Gasteiger partial charge in [-0.1, -0.05) is 39.7 Å². The molecule has 2 aromatic carbocycles. The Balaban J connectivity index is 1.97. The van der Waals surface area contributed by atoms with Crippen molar-refractivity contribution in [1.29, 1.82) is 0 Å². The summed E-state index contributed by atoms with van der Waals surface area (Å²) in [5.41, 5.74) is 2.25. The highest BCUT2D eigenvalue weighted by molar-refractivity contribution is 9.10. The van der Waals surface area contributed by atoms with Gasteiger partial charge >= 0.3 is 0 Å². The lowest BCUT2D eigenvalue weighted by Crippen LogP contribution is -2.16. The fraction of sp³-hybridized carbons (Fsp3) is 0.105. The first-order valence-corrected chi connectivity index (χ1v) is 8.94. The van der Waals surface area contributed by atoms with Gasteiger partial charge in [0.25, 0.3) is 5.91 Å². The average Bonchev–Trinajstić information content (AvgIpc) is 2.95. The molecule has 0 atom stereocenters. The van der Waals surface area contributed by atoms with Gasteiger partial charge in [0, 0.05) is 28.3 Å². The molecule has 1 heterocycles. The lowest BCUT2D eigenvalue weighted by Gasteiger charge is -2.11. The number of aryl methyl sites for hydroxylation is 2. The van der Waals surface area contributed by atoms with Crippen molar-refractivity contribution in [2.75, 3.05) is 5.32 Å². The van der Waals surface area contributed by atoms with Gasteiger partial charge in [-0.25, -0.2) is 0 Å². The Labute approximate surface area is 164 Å². The molecule has 3 rings (SSSR count). The van der Waals surface area contributed by atoms with E-state index in [1.165, 1.54) is 0 Å². The highest BCUT2D eigenvalue weighted by Gasteiger charge is 2.19. The number of ketones is 1. The second-order valence-corrected chi connectivity index (χ2v) is 7.07. The van der Waals surface area contributed by atoms with Gasteiger partial charge in [0.15, 0.2) is 11.5 Å². The van der Waals surface area contributed by atoms with Gasteiger partial charge in [0.2, 0.25) is 0 Å². The summed E-state index contributed by atoms with van der Waals surface area (Å²) in [6, 6.07) is 13.6. The number of amides is 1. The highest BCUT2D eigenvalue weighted by Crippen LogP contribution is 2.27. The number of aromatic nitrogens is 2. The van der Waals surface area contributed by atoms with Crippen molar-refractivity contribution in [3.05, 3.63) is 80.5 Å². The van der Waals surface area contributed by atoms with Crippen molar-refractivity contribution < 1.29 is 9.59 Å². The first kappa shape index (κ1) is 18.4. The van der Waals surface area contributed by atoms with E-state index in [-0.39, 0.29) is 17.4 Å². The molecule has 0 saturated carbocycles. The summed E-state index contributed by atoms with van der Waals surface area (Å²) in [7, 11) is 1.76. The maximum absolute atomic E-state index is 12.9. The third kappa shape index (κ3) is 3.71. The summed E-state index contributed by atoms with van der Waals surface area (Å²) >= 11 is 9.52. The monoisotopic (exact) mass is 431 g/mol. The number of benzene rings is 2. The Morgan fingerprint density at radius 1 is 1.12 bits per heavy atom. The van der Waals surface area contributed by atoms with Gasteiger partial charge in [-0.3, -0.25) is 14.3 Å². The zero-order valence-electron chi connectivity index (χ0n) is 14.1. The van der Waals surface area contributed by atoms with E-state index in [1.54, 1.807) is 60.3 Å². The summed E-state index contributed by atoms with van der Waals surface area (Å²) in [4.78, 5) is 25.4. The average molecular weight is 433 g/mol. The standard InChI is InChI=1S/C19H15BrClN3O2/c1-11-9-17(23-24(11)2)19(26)22-16-8-7-12(20)10-14(16)18(25)13-5-3-4-6-15(13)21/h3-10H,1-2H3,(H,22,26). The zero-order valence-corrected chi connectivity index (χ0v) is 16.4. The fourth-order valence-electron chi connectivity index (χ4n) is 2.46. The van der Waals surface area contributed by atoms with Crippen molar-refractivity contribution in [1.82, 2.24) is 9.78 Å². The van der Waals surface area contributed by atoms with Crippen molar-refractivity contribution >= 4 is 44.9 Å². The SMILES string of the molecule is Cc1cc(C(=O)Nc2ccc(Br)cc2C(=O)c2ccccc2Cl)nn1C. The molecule has 0 radical (unpaired) electrons. The molecular weight excluding hydrogens is 418 g/mol. The van der Waals surface area contributed by atoms with E-state index in [0.717, 1.165) is 10.2 Å². The Morgan fingerprint density at radius 3 is 2.50 bits per heavy atom. The molecule has 0 spiro atoms. The molecule has 1 amide bonds. The van der Waals surface area contributed by atoms with Crippen LogP contribution in [0.5, 0.6) is 0 Å². The van der Waals surface area contributed by atoms with Crippen molar-refractivity contribution in [3.63, 3.8) is 0 Å². The van der Waals surface area contributed by atoms with Crippen LogP contribution < -0.4 is 5.32 Å². The number of nitrogens with one attached hydrogen (secondary N) is 1. The Hall–Kier alpha value is -2.44. The van der Waals surface area contributed by atoms with E-state index in [9.17, 15) is 9.59 Å². The van der Waals surface area contributed by atoms with Crippen LogP contribution >= 0.6 is 27.5 Å². The van der Waals surface area contributed by atoms with Crippen LogP contribution in [-0.2, 0) is 7.05 Å². The number of hydrogen-bond donors (Lipinski definition) is 1. The molecule has 0 aliphatic rings. The Bertz CT molecular complexity index is 994. The van der Waals surface area contributed by atoms with E-state index in [0.29, 0.717) is 21.8 Å². The molecule has 0 unspecified atom stereocenters. The number of rotatable bonds is 4. The summed E-state index contributed by atoms with van der Waals surface area (Å²) < 4.78 is 2.34. The van der Waals surface area contributed by atoms with Crippen LogP contribution in [-0.4, -0.2) is 21.5 Å². The number of halogens is 2. The van der Waals surface area contributed by atoms with E-state index < -0.39 is 0 Å². The summed E-state index contributed by atoms with van der Waals surface area (Å²) in [5, 5.41) is 7.28. The number of nitrogens with zero attached hydrogens (tertiary/aromatic N) is 2. The smallest absolute Gasteiger partial charge is 0.276 e. The van der Waals surface area contributed by atoms with Crippen LogP contribution in [0.2, 0.25) is 5.02 Å². The molecular formula is C19H15BrClN3O2. The van der Waals surface area contributed by atoms with Crippen LogP contribution in [0.1, 0.15) is 32.1 Å². The number of carbonyl (C=O) groups excluding carboxylic acids is 2. The molecule has 0 saturated heterocycles. The predicted molar refractivity (Wildman–Crippen MR) is 105 cm³/mol. The molecule has 0 fully saturated rings. The van der Waals surface area contributed by atoms with Gasteiger partial charge in [0.1, 0.15) is 0 Å². The van der Waals surface area contributed by atoms with Gasteiger partial charge < -0.3 is 5.32 Å². The molecule has 7 heteroatoms. The molecule has 5 nitrogen and oxygen atoms in total. The van der Waals surface area contributed by atoms with Crippen molar-refractivity contribution in [3.8, 4) is 0 Å². The largest absolute Gasteiger partial charge is 0.320 e. The normalized spacial score (nSPS) is 10.6. The van der Waals surface area contributed by atoms with E-state index in [1.807, 2.05) is 6.92 Å². The molecule has 0 aliphatic heterocycles. The second kappa shape index (κ2) is 7.43. The molecule has 3 aromatic rings.